The van der Waals surface area contributed by atoms with E-state index in [0.29, 0.717) is 0 Å². The summed E-state index contributed by atoms with van der Waals surface area (Å²) in [5, 5.41) is 3.12. The summed E-state index contributed by atoms with van der Waals surface area (Å²) < 4.78 is 0. The van der Waals surface area contributed by atoms with Gasteiger partial charge in [0.2, 0.25) is 5.91 Å². The van der Waals surface area contributed by atoms with Crippen molar-refractivity contribution in [3.8, 4) is 0 Å². The molecule has 0 aliphatic carbocycles. The molecule has 0 saturated carbocycles. The Morgan fingerprint density at radius 2 is 2.00 bits per heavy atom. The van der Waals surface area contributed by atoms with Gasteiger partial charge in [-0.15, -0.1) is 0 Å². The molecule has 0 radical (unpaired) electrons. The van der Waals surface area contributed by atoms with Gasteiger partial charge in [0, 0.05) is 13.6 Å². The molecule has 1 N–H and O–H groups in total. The number of rotatable bonds is 7. The summed E-state index contributed by atoms with van der Waals surface area (Å²) >= 11 is 0. The van der Waals surface area contributed by atoms with Crippen molar-refractivity contribution in [3.05, 3.63) is 35.9 Å². The zero-order valence-corrected chi connectivity index (χ0v) is 11.6. The predicted molar refractivity (Wildman–Crippen MR) is 75.5 cm³/mol. The number of nitrogens with zero attached hydrogens (tertiary/aromatic N) is 1. The van der Waals surface area contributed by atoms with E-state index < -0.39 is 0 Å². The van der Waals surface area contributed by atoms with Gasteiger partial charge in [0.1, 0.15) is 0 Å². The quantitative estimate of drug-likeness (QED) is 0.801. The van der Waals surface area contributed by atoms with Crippen LogP contribution in [0.15, 0.2) is 30.3 Å². The van der Waals surface area contributed by atoms with Crippen molar-refractivity contribution >= 4 is 5.91 Å². The van der Waals surface area contributed by atoms with Crippen LogP contribution < -0.4 is 5.32 Å². The van der Waals surface area contributed by atoms with E-state index >= 15 is 0 Å². The van der Waals surface area contributed by atoms with E-state index in [1.165, 1.54) is 5.56 Å². The molecule has 1 rings (SSSR count). The van der Waals surface area contributed by atoms with Crippen LogP contribution in [0.3, 0.4) is 0 Å². The van der Waals surface area contributed by atoms with Crippen LogP contribution in [0.4, 0.5) is 0 Å². The molecule has 1 unspecified atom stereocenters. The summed E-state index contributed by atoms with van der Waals surface area (Å²) in [5.41, 5.74) is 1.19. The molecule has 0 saturated heterocycles. The summed E-state index contributed by atoms with van der Waals surface area (Å²) in [5.74, 6) is 0.176. The van der Waals surface area contributed by atoms with Gasteiger partial charge in [0.15, 0.2) is 0 Å². The van der Waals surface area contributed by atoms with Crippen LogP contribution in [-0.2, 0) is 11.2 Å². The Bertz CT molecular complexity index is 351. The van der Waals surface area contributed by atoms with Crippen LogP contribution in [0, 0.1) is 0 Å². The Morgan fingerprint density at radius 3 is 2.56 bits per heavy atom. The summed E-state index contributed by atoms with van der Waals surface area (Å²) in [6.07, 6.45) is 2.91. The number of likely N-dealkylation sites (N-methyl/N-ethyl adjacent to an activating group) is 2. The largest absolute Gasteiger partial charge is 0.344 e. The third kappa shape index (κ3) is 4.49. The molecule has 0 aliphatic heterocycles. The van der Waals surface area contributed by atoms with Crippen molar-refractivity contribution in [3.63, 3.8) is 0 Å². The fourth-order valence-electron chi connectivity index (χ4n) is 1.93. The molecular weight excluding hydrogens is 224 g/mol. The minimum Gasteiger partial charge on any atom is -0.344 e. The fourth-order valence-corrected chi connectivity index (χ4v) is 1.93. The number of benzene rings is 1. The Balaban J connectivity index is 2.57. The molecule has 1 amide bonds. The van der Waals surface area contributed by atoms with Gasteiger partial charge in [-0.1, -0.05) is 43.7 Å². The zero-order chi connectivity index (χ0) is 13.4. The normalized spacial score (nSPS) is 12.2. The van der Waals surface area contributed by atoms with Crippen LogP contribution in [0.1, 0.15) is 25.3 Å². The first-order valence-corrected chi connectivity index (χ1v) is 6.65. The van der Waals surface area contributed by atoms with E-state index in [0.717, 1.165) is 25.8 Å². The van der Waals surface area contributed by atoms with Crippen molar-refractivity contribution in [2.45, 2.75) is 32.2 Å². The third-order valence-corrected chi connectivity index (χ3v) is 3.15. The minimum atomic E-state index is -0.130. The molecule has 3 heteroatoms. The minimum absolute atomic E-state index is 0.130. The lowest BCUT2D eigenvalue weighted by Gasteiger charge is -2.23. The number of nitrogens with one attached hydrogen (secondary N) is 1. The topological polar surface area (TPSA) is 32.3 Å². The molecule has 0 fully saturated rings. The highest BCUT2D eigenvalue weighted by Crippen LogP contribution is 2.05. The third-order valence-electron chi connectivity index (χ3n) is 3.15. The highest BCUT2D eigenvalue weighted by atomic mass is 16.2. The van der Waals surface area contributed by atoms with Crippen molar-refractivity contribution < 1.29 is 4.79 Å². The van der Waals surface area contributed by atoms with Crippen molar-refractivity contribution in [1.29, 1.82) is 0 Å². The van der Waals surface area contributed by atoms with Crippen molar-refractivity contribution in [1.82, 2.24) is 10.2 Å². The first-order valence-electron chi connectivity index (χ1n) is 6.65. The van der Waals surface area contributed by atoms with Gasteiger partial charge in [0.05, 0.1) is 6.04 Å². The average Bonchev–Trinajstić information content (AvgIpc) is 2.42. The van der Waals surface area contributed by atoms with E-state index in [1.807, 2.05) is 37.2 Å². The average molecular weight is 248 g/mol. The summed E-state index contributed by atoms with van der Waals surface area (Å²) in [7, 11) is 3.73. The SMILES string of the molecule is CCCCN(C)C(=O)C(Cc1ccccc1)NC. The Kier molecular flexibility index (Phi) is 6.44. The summed E-state index contributed by atoms with van der Waals surface area (Å²) in [4.78, 5) is 14.1. The molecule has 100 valence electrons. The number of amides is 1. The van der Waals surface area contributed by atoms with Gasteiger partial charge in [-0.2, -0.15) is 0 Å². The molecule has 1 aromatic rings. The van der Waals surface area contributed by atoms with E-state index in [1.54, 1.807) is 0 Å². The Hall–Kier alpha value is -1.35. The van der Waals surface area contributed by atoms with Crippen LogP contribution >= 0.6 is 0 Å². The second kappa shape index (κ2) is 7.88. The van der Waals surface area contributed by atoms with E-state index in [-0.39, 0.29) is 11.9 Å². The number of hydrogen-bond acceptors (Lipinski definition) is 2. The fraction of sp³-hybridized carbons (Fsp3) is 0.533. The first-order chi connectivity index (χ1) is 8.69. The molecule has 3 nitrogen and oxygen atoms in total. The smallest absolute Gasteiger partial charge is 0.239 e. The number of carbonyl (C=O) groups is 1. The second-order valence-electron chi connectivity index (χ2n) is 4.64. The predicted octanol–water partition coefficient (Wildman–Crippen LogP) is 2.08. The zero-order valence-electron chi connectivity index (χ0n) is 11.6. The van der Waals surface area contributed by atoms with Gasteiger partial charge in [-0.25, -0.2) is 0 Å². The highest BCUT2D eigenvalue weighted by Gasteiger charge is 2.20. The van der Waals surface area contributed by atoms with Gasteiger partial charge in [0.25, 0.3) is 0 Å². The molecule has 1 aromatic carbocycles. The van der Waals surface area contributed by atoms with E-state index in [2.05, 4.69) is 24.4 Å². The standard InChI is InChI=1S/C15H24N2O/c1-4-5-11-17(3)15(18)14(16-2)12-13-9-7-6-8-10-13/h6-10,14,16H,4-5,11-12H2,1-3H3. The molecule has 0 spiro atoms. The maximum atomic E-state index is 12.2. The monoisotopic (exact) mass is 248 g/mol. The summed E-state index contributed by atoms with van der Waals surface area (Å²) in [6.45, 7) is 2.97. The molecule has 1 atom stereocenters. The van der Waals surface area contributed by atoms with Crippen LogP contribution in [0.5, 0.6) is 0 Å². The lowest BCUT2D eigenvalue weighted by Crippen LogP contribution is -2.45. The molecule has 18 heavy (non-hydrogen) atoms. The van der Waals surface area contributed by atoms with Gasteiger partial charge in [-0.3, -0.25) is 4.79 Å². The van der Waals surface area contributed by atoms with Crippen molar-refractivity contribution in [2.75, 3.05) is 20.6 Å². The van der Waals surface area contributed by atoms with Crippen LogP contribution in [-0.4, -0.2) is 37.5 Å². The number of unbranched alkanes of at least 4 members (excludes halogenated alkanes) is 1. The number of carbonyl (C=O) groups excluding carboxylic acids is 1. The van der Waals surface area contributed by atoms with Crippen molar-refractivity contribution in [2.24, 2.45) is 0 Å². The van der Waals surface area contributed by atoms with Gasteiger partial charge in [-0.05, 0) is 25.5 Å². The second-order valence-corrected chi connectivity index (χ2v) is 4.64. The Labute approximate surface area is 110 Å². The lowest BCUT2D eigenvalue weighted by molar-refractivity contribution is -0.132. The molecular formula is C15H24N2O. The number of hydrogen-bond donors (Lipinski definition) is 1. The molecule has 0 aromatic heterocycles. The van der Waals surface area contributed by atoms with Gasteiger partial charge < -0.3 is 10.2 Å². The highest BCUT2D eigenvalue weighted by molar-refractivity contribution is 5.82. The maximum absolute atomic E-state index is 12.2. The van der Waals surface area contributed by atoms with Crippen LogP contribution in [0.25, 0.3) is 0 Å². The van der Waals surface area contributed by atoms with Gasteiger partial charge >= 0.3 is 0 Å². The molecule has 0 aliphatic rings. The van der Waals surface area contributed by atoms with Crippen LogP contribution in [0.2, 0.25) is 0 Å². The molecule has 0 heterocycles. The maximum Gasteiger partial charge on any atom is 0.239 e. The molecule has 0 bridgehead atoms. The van der Waals surface area contributed by atoms with E-state index in [4.69, 9.17) is 0 Å². The summed E-state index contributed by atoms with van der Waals surface area (Å²) in [6, 6.07) is 10.00. The Morgan fingerprint density at radius 1 is 1.33 bits per heavy atom. The first kappa shape index (κ1) is 14.7. The van der Waals surface area contributed by atoms with E-state index in [9.17, 15) is 4.79 Å². The lowest BCUT2D eigenvalue weighted by atomic mass is 10.1.